The number of rotatable bonds is 11. The van der Waals surface area contributed by atoms with Gasteiger partial charge in [-0.05, 0) is 59.9 Å². The van der Waals surface area contributed by atoms with Crippen LogP contribution in [0.4, 0.5) is 5.69 Å². The molecule has 1 aromatic heterocycles. The summed E-state index contributed by atoms with van der Waals surface area (Å²) in [4.78, 5) is 41.2. The molecule has 0 fully saturated rings. The fourth-order valence-electron chi connectivity index (χ4n) is 3.74. The van der Waals surface area contributed by atoms with Gasteiger partial charge in [-0.25, -0.2) is 0 Å². The third-order valence-corrected chi connectivity index (χ3v) is 6.78. The number of phenols is 1. The summed E-state index contributed by atoms with van der Waals surface area (Å²) < 4.78 is 14.7. The van der Waals surface area contributed by atoms with Crippen molar-refractivity contribution in [1.82, 2.24) is 19.9 Å². The molecule has 3 aromatic rings. The topological polar surface area (TPSA) is 156 Å². The number of phenolic OH excluding ortho intramolecular Hbond substituents is 1. The van der Waals surface area contributed by atoms with Gasteiger partial charge in [0.1, 0.15) is 28.2 Å². The molecule has 3 amide bonds. The molecule has 2 aromatic carbocycles. The van der Waals surface area contributed by atoms with E-state index in [4.69, 9.17) is 15.2 Å². The Hall–Kier alpha value is -4.58. The van der Waals surface area contributed by atoms with Crippen LogP contribution in [-0.2, 0) is 16.1 Å². The number of aromatic hydroxyl groups is 1. The van der Waals surface area contributed by atoms with Crippen molar-refractivity contribution in [3.63, 3.8) is 0 Å². The summed E-state index contributed by atoms with van der Waals surface area (Å²) in [5.74, 6) is -0.528. The van der Waals surface area contributed by atoms with E-state index in [2.05, 4.69) is 15.0 Å². The average Bonchev–Trinajstić information content (AvgIpc) is 3.35. The van der Waals surface area contributed by atoms with Crippen molar-refractivity contribution >= 4 is 34.9 Å². The van der Waals surface area contributed by atoms with Gasteiger partial charge in [0.2, 0.25) is 5.91 Å². The Labute approximate surface area is 230 Å². The molecule has 39 heavy (non-hydrogen) atoms. The number of anilines is 1. The molecule has 11 nitrogen and oxygen atoms in total. The molecule has 0 aliphatic heterocycles. The predicted octanol–water partition coefficient (Wildman–Crippen LogP) is 2.85. The maximum absolute atomic E-state index is 13.9. The molecule has 0 saturated carbocycles. The summed E-state index contributed by atoms with van der Waals surface area (Å²) in [5.41, 5.74) is 7.25. The first-order valence-electron chi connectivity index (χ1n) is 11.9. The summed E-state index contributed by atoms with van der Waals surface area (Å²) in [6.07, 6.45) is 1.68. The van der Waals surface area contributed by atoms with Crippen LogP contribution in [0.2, 0.25) is 0 Å². The van der Waals surface area contributed by atoms with Gasteiger partial charge in [0.25, 0.3) is 11.8 Å². The molecule has 0 aliphatic carbocycles. The van der Waals surface area contributed by atoms with E-state index in [0.29, 0.717) is 17.1 Å². The fraction of sp³-hybridized carbons (Fsp3) is 0.259. The Kier molecular flexibility index (Phi) is 9.87. The first-order valence-corrected chi connectivity index (χ1v) is 12.7. The molecular weight excluding hydrogens is 522 g/mol. The summed E-state index contributed by atoms with van der Waals surface area (Å²) in [6.45, 7) is 1.84. The zero-order valence-electron chi connectivity index (χ0n) is 22.1. The van der Waals surface area contributed by atoms with E-state index >= 15 is 0 Å². The van der Waals surface area contributed by atoms with Crippen LogP contribution in [-0.4, -0.2) is 59.9 Å². The van der Waals surface area contributed by atoms with E-state index in [0.717, 1.165) is 17.1 Å². The van der Waals surface area contributed by atoms with Crippen LogP contribution in [0, 0.1) is 0 Å². The Morgan fingerprint density at radius 1 is 1.13 bits per heavy atom. The molecule has 1 heterocycles. The average molecular weight is 554 g/mol. The number of nitrogens with two attached hydrogens (primary N) is 1. The van der Waals surface area contributed by atoms with Crippen molar-refractivity contribution in [2.45, 2.75) is 19.5 Å². The molecular formula is C27H31N5O6S. The number of methoxy groups -OCH3 is 2. The number of nitrogen functional groups attached to an aromatic ring is 1. The number of amides is 3. The summed E-state index contributed by atoms with van der Waals surface area (Å²) >= 11 is 0.768. The lowest BCUT2D eigenvalue weighted by atomic mass is 10.0. The van der Waals surface area contributed by atoms with Crippen molar-refractivity contribution in [3.05, 3.63) is 82.1 Å². The summed E-state index contributed by atoms with van der Waals surface area (Å²) in [7, 11) is 4.46. The van der Waals surface area contributed by atoms with Crippen molar-refractivity contribution in [2.24, 2.45) is 0 Å². The second-order valence-electron chi connectivity index (χ2n) is 8.31. The number of hydrogen-bond acceptors (Lipinski definition) is 9. The minimum Gasteiger partial charge on any atom is -0.508 e. The first kappa shape index (κ1) is 29.0. The molecule has 1 unspecified atom stereocenters. The Balaban J connectivity index is 2.04. The highest BCUT2D eigenvalue weighted by Crippen LogP contribution is 2.30. The van der Waals surface area contributed by atoms with E-state index < -0.39 is 23.8 Å². The van der Waals surface area contributed by atoms with E-state index in [1.807, 2.05) is 12.1 Å². The highest BCUT2D eigenvalue weighted by atomic mass is 32.1. The van der Waals surface area contributed by atoms with Gasteiger partial charge in [-0.1, -0.05) is 24.3 Å². The normalized spacial score (nSPS) is 11.8. The third kappa shape index (κ3) is 6.85. The monoisotopic (exact) mass is 553 g/mol. The van der Waals surface area contributed by atoms with Crippen molar-refractivity contribution in [3.8, 4) is 11.5 Å². The number of allylic oxidation sites excluding steroid dienone is 1. The summed E-state index contributed by atoms with van der Waals surface area (Å²) in [6, 6.07) is 12.0. The maximum atomic E-state index is 13.9. The number of nitrogens with zero attached hydrogens (tertiary/aromatic N) is 2. The van der Waals surface area contributed by atoms with E-state index in [-0.39, 0.29) is 35.1 Å². The van der Waals surface area contributed by atoms with Gasteiger partial charge < -0.3 is 35.8 Å². The molecule has 0 bridgehead atoms. The highest BCUT2D eigenvalue weighted by Gasteiger charge is 2.35. The number of carbonyl (C=O) groups is 3. The van der Waals surface area contributed by atoms with Crippen LogP contribution in [0.15, 0.2) is 60.4 Å². The number of hydrogen-bond donors (Lipinski definition) is 4. The van der Waals surface area contributed by atoms with Crippen LogP contribution in [0.25, 0.3) is 0 Å². The fourth-order valence-corrected chi connectivity index (χ4v) is 4.50. The quantitative estimate of drug-likeness (QED) is 0.264. The molecule has 12 heteroatoms. The summed E-state index contributed by atoms with van der Waals surface area (Å²) in [5, 5.41) is 15.2. The van der Waals surface area contributed by atoms with Gasteiger partial charge in [-0.2, -0.15) is 4.37 Å². The highest BCUT2D eigenvalue weighted by molar-refractivity contribution is 7.09. The Bertz CT molecular complexity index is 1340. The van der Waals surface area contributed by atoms with Crippen LogP contribution in [0.1, 0.15) is 44.3 Å². The maximum Gasteiger partial charge on any atom is 0.272 e. The minimum absolute atomic E-state index is 0.00183. The van der Waals surface area contributed by atoms with Gasteiger partial charge in [0, 0.05) is 13.6 Å². The first-order chi connectivity index (χ1) is 18.7. The number of aromatic nitrogens is 1. The third-order valence-electron chi connectivity index (χ3n) is 5.93. The lowest BCUT2D eigenvalue weighted by molar-refractivity contribution is -0.126. The zero-order chi connectivity index (χ0) is 28.5. The molecule has 0 spiro atoms. The molecule has 0 radical (unpaired) electrons. The lowest BCUT2D eigenvalue weighted by Crippen LogP contribution is -2.44. The van der Waals surface area contributed by atoms with Crippen LogP contribution in [0.5, 0.6) is 11.5 Å². The van der Waals surface area contributed by atoms with Crippen molar-refractivity contribution < 1.29 is 29.0 Å². The second kappa shape index (κ2) is 13.3. The number of ether oxygens (including phenoxy) is 2. The van der Waals surface area contributed by atoms with Gasteiger partial charge in [0.15, 0.2) is 5.69 Å². The van der Waals surface area contributed by atoms with E-state index in [1.165, 1.54) is 31.2 Å². The van der Waals surface area contributed by atoms with Crippen LogP contribution in [0.3, 0.4) is 0 Å². The zero-order valence-corrected chi connectivity index (χ0v) is 22.9. The number of carbonyl (C=O) groups excluding carboxylic acids is 3. The number of nitrogens with one attached hydrogen (secondary N) is 2. The van der Waals surface area contributed by atoms with Crippen LogP contribution >= 0.6 is 11.5 Å². The van der Waals surface area contributed by atoms with E-state index in [1.54, 1.807) is 44.4 Å². The largest absolute Gasteiger partial charge is 0.508 e. The Morgan fingerprint density at radius 2 is 1.79 bits per heavy atom. The second-order valence-corrected chi connectivity index (χ2v) is 9.08. The van der Waals surface area contributed by atoms with Gasteiger partial charge in [0.05, 0.1) is 26.5 Å². The predicted molar refractivity (Wildman–Crippen MR) is 147 cm³/mol. The molecule has 0 aliphatic rings. The van der Waals surface area contributed by atoms with Gasteiger partial charge in [-0.3, -0.25) is 14.4 Å². The standard InChI is InChI=1S/C27H31N5O6S/c1-5-19(37-3)15-32(27(36)24-21(28)22(31-39-24)25(34)29-2)23(17-8-10-18(33)11-9-17)26(35)30-14-16-6-12-20(38-4)13-7-16/h5-13,23,33H,14-15,28H2,1-4H3,(H,29,34)(H,30,35). The Morgan fingerprint density at radius 3 is 2.36 bits per heavy atom. The number of benzene rings is 2. The molecule has 206 valence electrons. The minimum atomic E-state index is -1.15. The smallest absolute Gasteiger partial charge is 0.272 e. The molecule has 3 rings (SSSR count). The molecule has 5 N–H and O–H groups in total. The van der Waals surface area contributed by atoms with E-state index in [9.17, 15) is 19.5 Å². The SMILES string of the molecule is CC=C(CN(C(=O)c1snc(C(=O)NC)c1N)C(C(=O)NCc1ccc(OC)cc1)c1ccc(O)cc1)OC. The van der Waals surface area contributed by atoms with Crippen molar-refractivity contribution in [2.75, 3.05) is 33.5 Å². The van der Waals surface area contributed by atoms with Crippen LogP contribution < -0.4 is 21.1 Å². The molecule has 0 saturated heterocycles. The lowest BCUT2D eigenvalue weighted by Gasteiger charge is -2.31. The van der Waals surface area contributed by atoms with Gasteiger partial charge in [-0.15, -0.1) is 0 Å². The van der Waals surface area contributed by atoms with Crippen molar-refractivity contribution in [1.29, 1.82) is 0 Å². The molecule has 1 atom stereocenters. The van der Waals surface area contributed by atoms with Gasteiger partial charge >= 0.3 is 0 Å².